The molecule has 1 aromatic carbocycles. The van der Waals surface area contributed by atoms with Gasteiger partial charge in [-0.25, -0.2) is 0 Å². The van der Waals surface area contributed by atoms with Gasteiger partial charge in [0.15, 0.2) is 0 Å². The first-order valence-corrected chi connectivity index (χ1v) is 11.9. The molecule has 8 heteroatoms. The van der Waals surface area contributed by atoms with E-state index >= 15 is 0 Å². The number of rotatable bonds is 5. The molecule has 0 bridgehead atoms. The molecule has 1 aromatic rings. The highest BCUT2D eigenvalue weighted by Gasteiger charge is 2.33. The van der Waals surface area contributed by atoms with Crippen LogP contribution in [-0.2, 0) is 14.3 Å². The predicted molar refractivity (Wildman–Crippen MR) is 126 cm³/mol. The molecular formula is C25H37N3O5. The van der Waals surface area contributed by atoms with E-state index in [2.05, 4.69) is 12.2 Å². The normalized spacial score (nSPS) is 24.3. The third-order valence-electron chi connectivity index (χ3n) is 6.53. The first-order valence-electron chi connectivity index (χ1n) is 11.9. The van der Waals surface area contributed by atoms with Crippen LogP contribution in [0.3, 0.4) is 0 Å². The minimum Gasteiger partial charge on any atom is -0.491 e. The summed E-state index contributed by atoms with van der Waals surface area (Å²) >= 11 is 0. The van der Waals surface area contributed by atoms with Gasteiger partial charge in [-0.15, -0.1) is 0 Å². The largest absolute Gasteiger partial charge is 0.491 e. The van der Waals surface area contributed by atoms with Gasteiger partial charge in [0.1, 0.15) is 12.4 Å². The molecule has 0 saturated heterocycles. The van der Waals surface area contributed by atoms with E-state index in [9.17, 15) is 14.4 Å². The number of likely N-dealkylation sites (N-methyl/N-ethyl adjacent to an activating group) is 1. The number of benzene rings is 1. The molecule has 1 saturated carbocycles. The molecule has 2 aliphatic rings. The van der Waals surface area contributed by atoms with Gasteiger partial charge in [-0.2, -0.15) is 0 Å². The van der Waals surface area contributed by atoms with E-state index in [1.54, 1.807) is 44.2 Å². The van der Waals surface area contributed by atoms with Crippen molar-refractivity contribution < 1.29 is 23.9 Å². The number of hydrogen-bond acceptors (Lipinski definition) is 5. The smallest absolute Gasteiger partial charge is 0.257 e. The average Bonchev–Trinajstić information content (AvgIpc) is 3.61. The van der Waals surface area contributed by atoms with Crippen LogP contribution in [-0.4, -0.2) is 73.5 Å². The van der Waals surface area contributed by atoms with Crippen molar-refractivity contribution in [3.8, 4) is 5.75 Å². The quantitative estimate of drug-likeness (QED) is 0.731. The van der Waals surface area contributed by atoms with Crippen molar-refractivity contribution in [2.75, 3.05) is 39.2 Å². The number of fused-ring (bicyclic) bond motifs is 1. The van der Waals surface area contributed by atoms with Gasteiger partial charge in [0.25, 0.3) is 5.91 Å². The molecule has 1 aliphatic heterocycles. The second-order valence-electron chi connectivity index (χ2n) is 9.40. The molecule has 0 spiro atoms. The topological polar surface area (TPSA) is 88.2 Å². The number of ether oxygens (including phenoxy) is 2. The highest BCUT2D eigenvalue weighted by molar-refractivity contribution is 5.98. The van der Waals surface area contributed by atoms with E-state index in [1.807, 2.05) is 11.8 Å². The summed E-state index contributed by atoms with van der Waals surface area (Å²) < 4.78 is 11.8. The zero-order valence-corrected chi connectivity index (χ0v) is 20.4. The SMILES string of the molecule is CCC(=O)Nc1ccc2c(c1)OC[C@H](C)N(C(=O)CC1CC1)C[C@H](C)[C@@H](OC)CN(C)C2=O. The fourth-order valence-electron chi connectivity index (χ4n) is 4.13. The fraction of sp³-hybridized carbons (Fsp3) is 0.640. The van der Waals surface area contributed by atoms with E-state index in [0.29, 0.717) is 48.8 Å². The van der Waals surface area contributed by atoms with E-state index < -0.39 is 0 Å². The third-order valence-corrected chi connectivity index (χ3v) is 6.53. The van der Waals surface area contributed by atoms with Crippen LogP contribution in [0.2, 0.25) is 0 Å². The van der Waals surface area contributed by atoms with Gasteiger partial charge in [0, 0.05) is 57.8 Å². The van der Waals surface area contributed by atoms with E-state index in [1.165, 1.54) is 0 Å². The summed E-state index contributed by atoms with van der Waals surface area (Å²) in [5.74, 6) is 0.776. The summed E-state index contributed by atoms with van der Waals surface area (Å²) in [5, 5.41) is 2.81. The standard InChI is InChI=1S/C25H37N3O5/c1-6-23(29)26-19-9-10-20-21(12-19)33-15-17(3)28(24(30)11-18-7-8-18)13-16(2)22(32-5)14-27(4)25(20)31/h9-10,12,16-18,22H,6-8,11,13-15H2,1-5H3,(H,26,29)/t16-,17-,22-/m0/s1. The molecular weight excluding hydrogens is 422 g/mol. The first kappa shape index (κ1) is 25.0. The van der Waals surface area contributed by atoms with Crippen LogP contribution in [0.15, 0.2) is 18.2 Å². The van der Waals surface area contributed by atoms with Crippen LogP contribution in [0.25, 0.3) is 0 Å². The van der Waals surface area contributed by atoms with Gasteiger partial charge >= 0.3 is 0 Å². The van der Waals surface area contributed by atoms with Crippen molar-refractivity contribution >= 4 is 23.4 Å². The minimum atomic E-state index is -0.214. The molecule has 3 rings (SSSR count). The molecule has 1 aliphatic carbocycles. The fourth-order valence-corrected chi connectivity index (χ4v) is 4.13. The highest BCUT2D eigenvalue weighted by atomic mass is 16.5. The summed E-state index contributed by atoms with van der Waals surface area (Å²) in [4.78, 5) is 41.7. The van der Waals surface area contributed by atoms with E-state index in [0.717, 1.165) is 12.8 Å². The molecule has 8 nitrogen and oxygen atoms in total. The Morgan fingerprint density at radius 3 is 2.58 bits per heavy atom. The molecule has 0 unspecified atom stereocenters. The number of hydrogen-bond donors (Lipinski definition) is 1. The third kappa shape index (κ3) is 6.47. The molecule has 33 heavy (non-hydrogen) atoms. The van der Waals surface area contributed by atoms with Crippen LogP contribution in [0, 0.1) is 11.8 Å². The van der Waals surface area contributed by atoms with Crippen molar-refractivity contribution in [1.82, 2.24) is 9.80 Å². The number of nitrogens with zero attached hydrogens (tertiary/aromatic N) is 2. The van der Waals surface area contributed by atoms with Gasteiger partial charge in [0.2, 0.25) is 11.8 Å². The van der Waals surface area contributed by atoms with Crippen molar-refractivity contribution in [2.24, 2.45) is 11.8 Å². The average molecular weight is 460 g/mol. The van der Waals surface area contributed by atoms with Gasteiger partial charge in [0.05, 0.1) is 17.7 Å². The Labute approximate surface area is 196 Å². The Morgan fingerprint density at radius 2 is 1.94 bits per heavy atom. The lowest BCUT2D eigenvalue weighted by molar-refractivity contribution is -0.135. The molecule has 1 heterocycles. The Hall–Kier alpha value is -2.61. The minimum absolute atomic E-state index is 0.0429. The second-order valence-corrected chi connectivity index (χ2v) is 9.40. The lowest BCUT2D eigenvalue weighted by Crippen LogP contribution is -2.48. The Morgan fingerprint density at radius 1 is 1.21 bits per heavy atom. The van der Waals surface area contributed by atoms with Crippen LogP contribution in [0.5, 0.6) is 5.75 Å². The summed E-state index contributed by atoms with van der Waals surface area (Å²) in [5.41, 5.74) is 0.985. The maximum absolute atomic E-state index is 13.2. The Bertz CT molecular complexity index is 870. The maximum Gasteiger partial charge on any atom is 0.257 e. The second kappa shape index (κ2) is 11.0. The van der Waals surface area contributed by atoms with Gasteiger partial charge in [-0.1, -0.05) is 13.8 Å². The zero-order valence-electron chi connectivity index (χ0n) is 20.4. The molecule has 1 fully saturated rings. The molecule has 3 atom stereocenters. The van der Waals surface area contributed by atoms with Crippen LogP contribution in [0.4, 0.5) is 5.69 Å². The van der Waals surface area contributed by atoms with E-state index in [-0.39, 0.29) is 42.4 Å². The first-order chi connectivity index (χ1) is 15.7. The predicted octanol–water partition coefficient (Wildman–Crippen LogP) is 3.17. The number of anilines is 1. The van der Waals surface area contributed by atoms with Crippen molar-refractivity contribution in [3.05, 3.63) is 23.8 Å². The van der Waals surface area contributed by atoms with Gasteiger partial charge in [-0.05, 0) is 37.8 Å². The van der Waals surface area contributed by atoms with E-state index in [4.69, 9.17) is 9.47 Å². The number of amides is 3. The number of carbonyl (C=O) groups excluding carboxylic acids is 3. The Balaban J connectivity index is 1.92. The monoisotopic (exact) mass is 459 g/mol. The molecule has 182 valence electrons. The van der Waals surface area contributed by atoms with Crippen LogP contribution < -0.4 is 10.1 Å². The van der Waals surface area contributed by atoms with Crippen LogP contribution >= 0.6 is 0 Å². The summed E-state index contributed by atoms with van der Waals surface area (Å²) in [7, 11) is 3.38. The molecule has 0 radical (unpaired) electrons. The molecule has 1 N–H and O–H groups in total. The molecule has 0 aromatic heterocycles. The zero-order chi connectivity index (χ0) is 24.1. The number of nitrogens with one attached hydrogen (secondary N) is 1. The van der Waals surface area contributed by atoms with Crippen molar-refractivity contribution in [2.45, 2.75) is 58.6 Å². The van der Waals surface area contributed by atoms with Crippen molar-refractivity contribution in [3.63, 3.8) is 0 Å². The highest BCUT2D eigenvalue weighted by Crippen LogP contribution is 2.33. The van der Waals surface area contributed by atoms with Gasteiger partial charge < -0.3 is 24.6 Å². The molecule has 3 amide bonds. The number of carbonyl (C=O) groups is 3. The Kier molecular flexibility index (Phi) is 8.35. The number of methoxy groups -OCH3 is 1. The lowest BCUT2D eigenvalue weighted by Gasteiger charge is -2.36. The van der Waals surface area contributed by atoms with Gasteiger partial charge in [-0.3, -0.25) is 14.4 Å². The van der Waals surface area contributed by atoms with Crippen molar-refractivity contribution in [1.29, 1.82) is 0 Å². The lowest BCUT2D eigenvalue weighted by atomic mass is 10.0. The summed E-state index contributed by atoms with van der Waals surface area (Å²) in [6, 6.07) is 4.89. The summed E-state index contributed by atoms with van der Waals surface area (Å²) in [6.07, 6.45) is 2.94. The summed E-state index contributed by atoms with van der Waals surface area (Å²) in [6.45, 7) is 6.98. The maximum atomic E-state index is 13.2. The van der Waals surface area contributed by atoms with Crippen LogP contribution in [0.1, 0.15) is 56.8 Å².